The quantitative estimate of drug-likeness (QED) is 0.683. The summed E-state index contributed by atoms with van der Waals surface area (Å²) in [6.45, 7) is 0. The highest BCUT2D eigenvalue weighted by Crippen LogP contribution is 2.23. The van der Waals surface area contributed by atoms with Crippen molar-refractivity contribution in [3.05, 3.63) is 33.7 Å². The zero-order valence-electron chi connectivity index (χ0n) is 7.20. The molecule has 14 heavy (non-hydrogen) atoms. The fraction of sp³-hybridized carbons (Fsp3) is 0. The van der Waals surface area contributed by atoms with Crippen LogP contribution in [-0.4, -0.2) is 11.2 Å². The molecule has 0 spiro atoms. The number of halogens is 1. The van der Waals surface area contributed by atoms with Crippen LogP contribution in [0.25, 0.3) is 17.2 Å². The molecule has 70 valence electrons. The molecule has 0 saturated heterocycles. The Kier molecular flexibility index (Phi) is 2.62. The van der Waals surface area contributed by atoms with Crippen molar-refractivity contribution in [3.8, 4) is 0 Å². The van der Waals surface area contributed by atoms with Gasteiger partial charge in [0.05, 0.1) is 5.56 Å². The van der Waals surface area contributed by atoms with Crippen molar-refractivity contribution in [1.82, 2.24) is 4.98 Å². The van der Waals surface area contributed by atoms with Crippen molar-refractivity contribution in [1.29, 1.82) is 5.41 Å². The molecule has 1 N–H and O–H groups in total. The Labute approximate surface area is 94.5 Å². The molecule has 2 aromatic heterocycles. The van der Waals surface area contributed by atoms with Crippen molar-refractivity contribution in [2.24, 2.45) is 0 Å². The number of hydrogen-bond acceptors (Lipinski definition) is 3. The van der Waals surface area contributed by atoms with E-state index in [1.807, 2.05) is 22.3 Å². The minimum absolute atomic E-state index is 0.683. The summed E-state index contributed by atoms with van der Waals surface area (Å²) in [5.74, 6) is 0.683. The summed E-state index contributed by atoms with van der Waals surface area (Å²) in [6.07, 6.45) is 4.79. The second kappa shape index (κ2) is 3.91. The summed E-state index contributed by atoms with van der Waals surface area (Å²) in [4.78, 5) is 4.17. The maximum Gasteiger partial charge on any atom is 0.153 e. The van der Waals surface area contributed by atoms with Gasteiger partial charge in [-0.25, -0.2) is 0 Å². The van der Waals surface area contributed by atoms with Crippen molar-refractivity contribution in [3.63, 3.8) is 0 Å². The van der Waals surface area contributed by atoms with E-state index in [4.69, 9.17) is 9.83 Å². The summed E-state index contributed by atoms with van der Waals surface area (Å²) in [7, 11) is 0. The lowest BCUT2D eigenvalue weighted by molar-refractivity contribution is 0.603. The van der Waals surface area contributed by atoms with Crippen molar-refractivity contribution >= 4 is 46.0 Å². The first-order chi connectivity index (χ1) is 6.86. The van der Waals surface area contributed by atoms with Crippen LogP contribution in [0.4, 0.5) is 0 Å². The van der Waals surface area contributed by atoms with E-state index in [0.717, 1.165) is 16.7 Å². The van der Waals surface area contributed by atoms with Crippen molar-refractivity contribution < 1.29 is 4.42 Å². The number of furan rings is 1. The summed E-state index contributed by atoms with van der Waals surface area (Å²) < 4.78 is 7.37. The van der Waals surface area contributed by atoms with Crippen LogP contribution in [0.15, 0.2) is 26.8 Å². The molecule has 0 aromatic carbocycles. The average molecular weight is 298 g/mol. The van der Waals surface area contributed by atoms with Crippen LogP contribution < -0.4 is 0 Å². The monoisotopic (exact) mass is 298 g/mol. The highest BCUT2D eigenvalue weighted by molar-refractivity contribution is 14.1. The van der Waals surface area contributed by atoms with Gasteiger partial charge in [-0.15, -0.1) is 0 Å². The minimum Gasteiger partial charge on any atom is -0.454 e. The second-order valence-electron chi connectivity index (χ2n) is 2.67. The van der Waals surface area contributed by atoms with Gasteiger partial charge >= 0.3 is 0 Å². The fourth-order valence-corrected chi connectivity index (χ4v) is 1.61. The van der Waals surface area contributed by atoms with Gasteiger partial charge in [0.2, 0.25) is 0 Å². The van der Waals surface area contributed by atoms with E-state index in [1.54, 1.807) is 6.20 Å². The van der Waals surface area contributed by atoms with Crippen LogP contribution in [0.5, 0.6) is 0 Å². The van der Waals surface area contributed by atoms with Gasteiger partial charge < -0.3 is 9.83 Å². The molecule has 0 amide bonds. The summed E-state index contributed by atoms with van der Waals surface area (Å²) in [6, 6.07) is 3.66. The largest absolute Gasteiger partial charge is 0.454 e. The molecule has 0 unspecified atom stereocenters. The van der Waals surface area contributed by atoms with E-state index < -0.39 is 0 Å². The Morgan fingerprint density at radius 3 is 3.07 bits per heavy atom. The van der Waals surface area contributed by atoms with Gasteiger partial charge in [0.1, 0.15) is 11.3 Å². The predicted molar refractivity (Wildman–Crippen MR) is 64.9 cm³/mol. The molecule has 0 fully saturated rings. The Balaban J connectivity index is 2.78. The van der Waals surface area contributed by atoms with Crippen LogP contribution in [-0.2, 0) is 0 Å². The van der Waals surface area contributed by atoms with Gasteiger partial charge in [-0.3, -0.25) is 4.98 Å². The third-order valence-electron chi connectivity index (χ3n) is 1.87. The number of aromatic nitrogens is 1. The van der Waals surface area contributed by atoms with Crippen molar-refractivity contribution in [2.75, 3.05) is 0 Å². The van der Waals surface area contributed by atoms with Crippen LogP contribution in [0.3, 0.4) is 0 Å². The molecule has 0 radical (unpaired) electrons. The van der Waals surface area contributed by atoms with Crippen LogP contribution in [0.1, 0.15) is 11.3 Å². The normalized spacial score (nSPS) is 11.2. The van der Waals surface area contributed by atoms with E-state index in [1.165, 1.54) is 6.21 Å². The smallest absolute Gasteiger partial charge is 0.153 e. The molecule has 0 aliphatic carbocycles. The Morgan fingerprint density at radius 2 is 2.36 bits per heavy atom. The third kappa shape index (κ3) is 1.45. The number of fused-ring (bicyclic) bond motifs is 1. The van der Waals surface area contributed by atoms with Gasteiger partial charge in [-0.2, -0.15) is 0 Å². The molecule has 3 nitrogen and oxygen atoms in total. The van der Waals surface area contributed by atoms with Gasteiger partial charge in [0.25, 0.3) is 0 Å². The molecule has 0 aliphatic heterocycles. The minimum atomic E-state index is 0.683. The summed E-state index contributed by atoms with van der Waals surface area (Å²) in [5.41, 5.74) is 2.19. The second-order valence-corrected chi connectivity index (χ2v) is 3.39. The lowest BCUT2D eigenvalue weighted by Crippen LogP contribution is -1.81. The Morgan fingerprint density at radius 1 is 1.50 bits per heavy atom. The standard InChI is InChI=1S/C10H7IN2O/c11-4-3-8-7(6-12)10-9(14-8)2-1-5-13-10/h1-6,12H/b4-3-,12-6?. The van der Waals surface area contributed by atoms with Gasteiger partial charge in [-0.05, 0) is 22.3 Å². The van der Waals surface area contributed by atoms with Crippen LogP contribution in [0, 0.1) is 5.41 Å². The van der Waals surface area contributed by atoms with Crippen LogP contribution >= 0.6 is 22.6 Å². The zero-order chi connectivity index (χ0) is 9.97. The molecular formula is C10H7IN2O. The van der Waals surface area contributed by atoms with E-state index in [0.29, 0.717) is 5.76 Å². The molecule has 2 rings (SSSR count). The average Bonchev–Trinajstić information content (AvgIpc) is 2.55. The molecule has 0 aliphatic rings. The summed E-state index contributed by atoms with van der Waals surface area (Å²) >= 11 is 2.11. The molecule has 0 saturated carbocycles. The maximum absolute atomic E-state index is 7.30. The molecule has 4 heteroatoms. The molecule has 2 aromatic rings. The molecule has 0 bridgehead atoms. The zero-order valence-corrected chi connectivity index (χ0v) is 9.36. The van der Waals surface area contributed by atoms with Gasteiger partial charge in [-0.1, -0.05) is 22.6 Å². The van der Waals surface area contributed by atoms with E-state index >= 15 is 0 Å². The molecular weight excluding hydrogens is 291 g/mol. The number of rotatable bonds is 2. The number of pyridine rings is 1. The number of nitrogens with zero attached hydrogens (tertiary/aromatic N) is 1. The van der Waals surface area contributed by atoms with Gasteiger partial charge in [0.15, 0.2) is 5.58 Å². The fourth-order valence-electron chi connectivity index (χ4n) is 1.29. The lowest BCUT2D eigenvalue weighted by atomic mass is 10.2. The Hall–Kier alpha value is -1.17. The molecule has 2 heterocycles. The van der Waals surface area contributed by atoms with E-state index in [2.05, 4.69) is 27.6 Å². The van der Waals surface area contributed by atoms with Crippen molar-refractivity contribution in [2.45, 2.75) is 0 Å². The predicted octanol–water partition coefficient (Wildman–Crippen LogP) is 3.23. The number of nitrogens with one attached hydrogen (secondary N) is 1. The first kappa shape index (κ1) is 9.39. The highest BCUT2D eigenvalue weighted by Gasteiger charge is 2.09. The highest BCUT2D eigenvalue weighted by atomic mass is 127. The first-order valence-electron chi connectivity index (χ1n) is 4.01. The topological polar surface area (TPSA) is 49.9 Å². The maximum atomic E-state index is 7.30. The summed E-state index contributed by atoms with van der Waals surface area (Å²) in [5, 5.41) is 7.30. The van der Waals surface area contributed by atoms with Crippen LogP contribution in [0.2, 0.25) is 0 Å². The third-order valence-corrected chi connectivity index (χ3v) is 2.23. The SMILES string of the molecule is N=Cc1c(/C=C\I)oc2cccnc12. The number of hydrogen-bond donors (Lipinski definition) is 1. The Bertz CT molecular complexity index is 502. The van der Waals surface area contributed by atoms with E-state index in [9.17, 15) is 0 Å². The van der Waals surface area contributed by atoms with E-state index in [-0.39, 0.29) is 0 Å². The van der Waals surface area contributed by atoms with Gasteiger partial charge in [0, 0.05) is 12.4 Å². The first-order valence-corrected chi connectivity index (χ1v) is 5.26. The molecule has 0 atom stereocenters. The lowest BCUT2D eigenvalue weighted by Gasteiger charge is -1.86.